The monoisotopic (exact) mass is 127 g/mol. The Labute approximate surface area is 55.0 Å². The minimum atomic E-state index is -0.200. The van der Waals surface area contributed by atoms with Crippen molar-refractivity contribution >= 4 is 5.69 Å². The average Bonchev–Trinajstić information content (AvgIpc) is 1.90. The van der Waals surface area contributed by atoms with Crippen molar-refractivity contribution in [3.05, 3.63) is 30.1 Å². The van der Waals surface area contributed by atoms with E-state index in [9.17, 15) is 4.39 Å². The zero-order valence-corrected chi connectivity index (χ0v) is 5.19. The lowest BCUT2D eigenvalue weighted by atomic mass is 10.3. The lowest BCUT2D eigenvalue weighted by Gasteiger charge is -1.95. The van der Waals surface area contributed by atoms with Gasteiger partial charge in [0.2, 0.25) is 0 Å². The maximum absolute atomic E-state index is 12.2. The van der Waals surface area contributed by atoms with Gasteiger partial charge >= 0.3 is 0 Å². The molecule has 9 heavy (non-hydrogen) atoms. The van der Waals surface area contributed by atoms with Crippen LogP contribution in [-0.2, 0) is 0 Å². The molecular weight excluding hydrogens is 117 g/mol. The summed E-state index contributed by atoms with van der Waals surface area (Å²) < 4.78 is 12.2. The van der Waals surface area contributed by atoms with E-state index in [2.05, 4.69) is 5.32 Å². The maximum Gasteiger partial charge on any atom is 0.123 e. The predicted molar refractivity (Wildman–Crippen MR) is 38.1 cm³/mol. The van der Waals surface area contributed by atoms with Crippen LogP contribution in [0.2, 0.25) is 0 Å². The second-order valence-electron chi connectivity index (χ2n) is 1.76. The van der Waals surface area contributed by atoms with Crippen LogP contribution in [0.3, 0.4) is 0 Å². The Morgan fingerprint density at radius 3 is 2.33 bits per heavy atom. The van der Waals surface area contributed by atoms with Crippen LogP contribution in [0.4, 0.5) is 10.1 Å². The molecule has 50 valence electrons. The molecule has 0 spiro atoms. The average molecular weight is 127 g/mol. The Kier molecular flexibility index (Phi) is 1.68. The molecule has 0 heterocycles. The maximum atomic E-state index is 12.2. The van der Waals surface area contributed by atoms with Gasteiger partial charge in [0.1, 0.15) is 5.82 Å². The quantitative estimate of drug-likeness (QED) is 0.609. The van der Waals surface area contributed by atoms with Crippen molar-refractivity contribution in [2.75, 3.05) is 12.4 Å². The number of nitrogens with one attached hydrogen (secondary N) is 1. The fourth-order valence-electron chi connectivity index (χ4n) is 0.617. The number of rotatable bonds is 1. The highest BCUT2D eigenvalue weighted by molar-refractivity contribution is 5.41. The summed E-state index contributed by atoms with van der Waals surface area (Å²) in [6.45, 7) is 0. The fraction of sp³-hybridized carbons (Fsp3) is 0.143. The summed E-state index contributed by atoms with van der Waals surface area (Å²) in [7, 11) is 1.80. The molecule has 0 radical (unpaired) electrons. The van der Waals surface area contributed by atoms with Gasteiger partial charge in [-0.05, 0) is 24.3 Å². The van der Waals surface area contributed by atoms with Crippen molar-refractivity contribution in [2.24, 2.45) is 0 Å². The molecule has 0 saturated heterocycles. The first kappa shape index (κ1) is 6.08. The zero-order valence-electron chi connectivity index (χ0n) is 5.19. The Morgan fingerprint density at radius 1 is 1.33 bits per heavy atom. The first-order valence-corrected chi connectivity index (χ1v) is 2.76. The predicted octanol–water partition coefficient (Wildman–Crippen LogP) is 2.11. The summed E-state index contributed by atoms with van der Waals surface area (Å²) >= 11 is 0. The molecule has 0 saturated carbocycles. The van der Waals surface area contributed by atoms with Crippen LogP contribution < -0.4 is 5.32 Å². The van der Waals surface area contributed by atoms with Crippen LogP contribution in [0.25, 0.3) is 0 Å². The van der Waals surface area contributed by atoms with Crippen LogP contribution in [-0.4, -0.2) is 7.05 Å². The van der Waals surface area contributed by atoms with E-state index in [4.69, 9.17) is 0 Å². The molecular formula is C7H10FN. The molecule has 0 aliphatic carbocycles. The highest BCUT2D eigenvalue weighted by Crippen LogP contribution is 2.05. The molecule has 1 rings (SSSR count). The van der Waals surface area contributed by atoms with E-state index in [1.165, 1.54) is 12.1 Å². The van der Waals surface area contributed by atoms with Gasteiger partial charge in [-0.15, -0.1) is 0 Å². The zero-order chi connectivity index (χ0) is 6.69. The Hall–Kier alpha value is -1.05. The largest absolute Gasteiger partial charge is 0.388 e. The third-order valence-electron chi connectivity index (χ3n) is 1.13. The number of benzene rings is 1. The Bertz CT molecular complexity index is 185. The van der Waals surface area contributed by atoms with Gasteiger partial charge in [0.25, 0.3) is 0 Å². The van der Waals surface area contributed by atoms with E-state index >= 15 is 0 Å². The van der Waals surface area contributed by atoms with Crippen molar-refractivity contribution in [2.45, 2.75) is 0 Å². The summed E-state index contributed by atoms with van der Waals surface area (Å²) in [4.78, 5) is 0. The first-order chi connectivity index (χ1) is 4.33. The highest BCUT2D eigenvalue weighted by atomic mass is 19.1. The molecule has 0 amide bonds. The van der Waals surface area contributed by atoms with E-state index in [0.717, 1.165) is 5.69 Å². The van der Waals surface area contributed by atoms with Crippen molar-refractivity contribution in [1.29, 1.82) is 0 Å². The van der Waals surface area contributed by atoms with Crippen LogP contribution in [0, 0.1) is 5.82 Å². The molecule has 0 atom stereocenters. The second-order valence-corrected chi connectivity index (χ2v) is 1.76. The molecule has 2 heteroatoms. The second kappa shape index (κ2) is 2.49. The van der Waals surface area contributed by atoms with Crippen molar-refractivity contribution < 1.29 is 5.82 Å². The molecule has 1 N–H and O–H groups in total. The Morgan fingerprint density at radius 2 is 1.89 bits per heavy atom. The first-order valence-electron chi connectivity index (χ1n) is 2.76. The van der Waals surface area contributed by atoms with Crippen molar-refractivity contribution in [1.82, 2.24) is 0 Å². The topological polar surface area (TPSA) is 12.0 Å². The van der Waals surface area contributed by atoms with E-state index in [1.54, 1.807) is 19.2 Å². The van der Waals surface area contributed by atoms with Crippen LogP contribution in [0.15, 0.2) is 24.3 Å². The molecule has 1 aromatic carbocycles. The van der Waals surface area contributed by atoms with Crippen molar-refractivity contribution in [3.8, 4) is 0 Å². The van der Waals surface area contributed by atoms with E-state index in [1.807, 2.05) is 0 Å². The SMILES string of the molecule is CNc1ccc(F)cc1.[HH]. The molecule has 1 aromatic rings. The van der Waals surface area contributed by atoms with Gasteiger partial charge in [0.05, 0.1) is 0 Å². The Balaban J connectivity index is 0.000000810. The molecule has 0 unspecified atom stereocenters. The van der Waals surface area contributed by atoms with Crippen molar-refractivity contribution in [3.63, 3.8) is 0 Å². The molecule has 0 fully saturated rings. The molecule has 0 bridgehead atoms. The molecule has 0 aromatic heterocycles. The van der Waals surface area contributed by atoms with Gasteiger partial charge in [-0.25, -0.2) is 4.39 Å². The normalized spacial score (nSPS) is 9.11. The fourth-order valence-corrected chi connectivity index (χ4v) is 0.617. The number of hydrogen-bond acceptors (Lipinski definition) is 1. The van der Waals surface area contributed by atoms with Crippen LogP contribution >= 0.6 is 0 Å². The van der Waals surface area contributed by atoms with Crippen LogP contribution in [0.1, 0.15) is 1.43 Å². The summed E-state index contributed by atoms with van der Waals surface area (Å²) in [5.41, 5.74) is 0.927. The summed E-state index contributed by atoms with van der Waals surface area (Å²) in [6.07, 6.45) is 0. The molecule has 1 nitrogen and oxygen atoms in total. The van der Waals surface area contributed by atoms with E-state index in [-0.39, 0.29) is 7.24 Å². The van der Waals surface area contributed by atoms with E-state index in [0.29, 0.717) is 0 Å². The summed E-state index contributed by atoms with van der Waals surface area (Å²) in [5.74, 6) is -0.200. The van der Waals surface area contributed by atoms with Gasteiger partial charge in [-0.2, -0.15) is 0 Å². The van der Waals surface area contributed by atoms with Crippen LogP contribution in [0.5, 0.6) is 0 Å². The van der Waals surface area contributed by atoms with Gasteiger partial charge in [-0.1, -0.05) is 0 Å². The summed E-state index contributed by atoms with van der Waals surface area (Å²) in [6, 6.07) is 6.22. The highest BCUT2D eigenvalue weighted by Gasteiger charge is 1.86. The van der Waals surface area contributed by atoms with Gasteiger partial charge in [0, 0.05) is 14.2 Å². The molecule has 0 aliphatic rings. The van der Waals surface area contributed by atoms with Gasteiger partial charge in [-0.3, -0.25) is 0 Å². The minimum Gasteiger partial charge on any atom is -0.388 e. The van der Waals surface area contributed by atoms with Gasteiger partial charge < -0.3 is 5.32 Å². The molecule has 0 aliphatic heterocycles. The van der Waals surface area contributed by atoms with Gasteiger partial charge in [0.15, 0.2) is 0 Å². The number of halogens is 1. The summed E-state index contributed by atoms with van der Waals surface area (Å²) in [5, 5.41) is 2.89. The standard InChI is InChI=1S/C7H8FN.H2/c1-9-7-4-2-6(8)3-5-7;/h2-5,9H,1H3;1H. The van der Waals surface area contributed by atoms with E-state index < -0.39 is 0 Å². The smallest absolute Gasteiger partial charge is 0.123 e. The minimum absolute atomic E-state index is 0. The lowest BCUT2D eigenvalue weighted by molar-refractivity contribution is 0.628. The number of anilines is 1. The third kappa shape index (κ3) is 1.42. The lowest BCUT2D eigenvalue weighted by Crippen LogP contribution is -1.86. The third-order valence-corrected chi connectivity index (χ3v) is 1.13. The number of hydrogen-bond donors (Lipinski definition) is 1.